The lowest BCUT2D eigenvalue weighted by Crippen LogP contribution is -2.26. The maximum absolute atomic E-state index is 11.2. The molecule has 0 radical (unpaired) electrons. The van der Waals surface area contributed by atoms with E-state index in [2.05, 4.69) is 5.32 Å². The van der Waals surface area contributed by atoms with Crippen LogP contribution in [0.1, 0.15) is 13.8 Å². The molecule has 0 aliphatic heterocycles. The van der Waals surface area contributed by atoms with E-state index in [1.165, 1.54) is 0 Å². The Labute approximate surface area is 161 Å². The van der Waals surface area contributed by atoms with Crippen molar-refractivity contribution in [2.24, 2.45) is 0 Å². The first kappa shape index (κ1) is 22.0. The number of carbonyl (C=O) groups excluding carboxylic acids is 2. The second-order valence-corrected chi connectivity index (χ2v) is 5.52. The second-order valence-electron chi connectivity index (χ2n) is 5.52. The van der Waals surface area contributed by atoms with Crippen molar-refractivity contribution in [3.05, 3.63) is 60.7 Å². The molecule has 0 spiro atoms. The predicted molar refractivity (Wildman–Crippen MR) is 108 cm³/mol. The summed E-state index contributed by atoms with van der Waals surface area (Å²) in [6, 6.07) is 19.3. The highest BCUT2D eigenvalue weighted by atomic mass is 16.5. The molecule has 0 aliphatic rings. The van der Waals surface area contributed by atoms with Crippen LogP contribution in [0, 0.1) is 0 Å². The number of hydrogen-bond acceptors (Lipinski definition) is 6. The van der Waals surface area contributed by atoms with Crippen LogP contribution in [0.25, 0.3) is 0 Å². The first-order valence-electron chi connectivity index (χ1n) is 8.93. The number of esters is 2. The highest BCUT2D eigenvalue weighted by Gasteiger charge is 2.06. The van der Waals surface area contributed by atoms with Crippen LogP contribution < -0.4 is 10.2 Å². The predicted octanol–water partition coefficient (Wildman–Crippen LogP) is 3.35. The van der Waals surface area contributed by atoms with Gasteiger partial charge in [0.2, 0.25) is 0 Å². The molecule has 0 fully saturated rings. The number of likely N-dealkylation sites (N-methyl/N-ethyl adjacent to an activating group) is 1. The molecule has 0 aromatic heterocycles. The Hall–Kier alpha value is -3.02. The molecule has 27 heavy (non-hydrogen) atoms. The van der Waals surface area contributed by atoms with E-state index < -0.39 is 0 Å². The van der Waals surface area contributed by atoms with E-state index in [1.54, 1.807) is 13.8 Å². The van der Waals surface area contributed by atoms with Gasteiger partial charge in [0.15, 0.2) is 0 Å². The van der Waals surface area contributed by atoms with Crippen molar-refractivity contribution < 1.29 is 19.1 Å². The molecular weight excluding hydrogens is 344 g/mol. The number of anilines is 2. The monoisotopic (exact) mass is 372 g/mol. The number of rotatable bonds is 8. The van der Waals surface area contributed by atoms with Crippen molar-refractivity contribution in [2.45, 2.75) is 13.8 Å². The van der Waals surface area contributed by atoms with E-state index in [0.29, 0.717) is 13.2 Å². The number of nitrogens with one attached hydrogen (secondary N) is 1. The third-order valence-electron chi connectivity index (χ3n) is 3.38. The molecule has 0 atom stereocenters. The van der Waals surface area contributed by atoms with Crippen LogP contribution in [0.3, 0.4) is 0 Å². The summed E-state index contributed by atoms with van der Waals surface area (Å²) in [7, 11) is 1.87. The first-order valence-corrected chi connectivity index (χ1v) is 8.93. The van der Waals surface area contributed by atoms with Crippen LogP contribution in [0.15, 0.2) is 60.7 Å². The van der Waals surface area contributed by atoms with Gasteiger partial charge in [-0.05, 0) is 38.1 Å². The number of hydrogen-bond donors (Lipinski definition) is 1. The third-order valence-corrected chi connectivity index (χ3v) is 3.38. The standard InChI is InChI=1S/C11H15NO2.C10H13NO2/c1-3-14-11(13)9-12(2)10-7-5-4-6-8-10;1-2-13-10(12)8-11-9-6-4-3-5-7-9/h4-8H,3,9H2,1-2H3;3-7,11H,2,8H2,1H3. The minimum atomic E-state index is -0.230. The minimum Gasteiger partial charge on any atom is -0.465 e. The van der Waals surface area contributed by atoms with E-state index in [1.807, 2.05) is 72.6 Å². The van der Waals surface area contributed by atoms with Crippen molar-refractivity contribution in [2.75, 3.05) is 43.6 Å². The largest absolute Gasteiger partial charge is 0.465 e. The average molecular weight is 372 g/mol. The fourth-order valence-corrected chi connectivity index (χ4v) is 2.12. The van der Waals surface area contributed by atoms with E-state index in [0.717, 1.165) is 11.4 Å². The van der Waals surface area contributed by atoms with Crippen molar-refractivity contribution >= 4 is 23.3 Å². The van der Waals surface area contributed by atoms with Gasteiger partial charge < -0.3 is 19.7 Å². The quantitative estimate of drug-likeness (QED) is 0.717. The Kier molecular flexibility index (Phi) is 10.8. The van der Waals surface area contributed by atoms with Gasteiger partial charge in [0.1, 0.15) is 13.1 Å². The SMILES string of the molecule is CCOC(=O)CN(C)c1ccccc1.CCOC(=O)CNc1ccccc1. The van der Waals surface area contributed by atoms with Crippen LogP contribution in [-0.4, -0.2) is 45.3 Å². The van der Waals surface area contributed by atoms with Gasteiger partial charge in [-0.3, -0.25) is 9.59 Å². The molecule has 2 aromatic carbocycles. The number of carbonyl (C=O) groups is 2. The molecule has 0 saturated carbocycles. The minimum absolute atomic E-state index is 0.196. The Morgan fingerprint density at radius 1 is 0.852 bits per heavy atom. The summed E-state index contributed by atoms with van der Waals surface area (Å²) in [6.45, 7) is 4.97. The number of benzene rings is 2. The van der Waals surface area contributed by atoms with Gasteiger partial charge in [0.25, 0.3) is 0 Å². The summed E-state index contributed by atoms with van der Waals surface area (Å²) in [5, 5.41) is 2.95. The molecule has 0 heterocycles. The molecule has 0 unspecified atom stereocenters. The van der Waals surface area contributed by atoms with Gasteiger partial charge in [-0.25, -0.2) is 0 Å². The fourth-order valence-electron chi connectivity index (χ4n) is 2.12. The van der Waals surface area contributed by atoms with Crippen LogP contribution in [-0.2, 0) is 19.1 Å². The summed E-state index contributed by atoms with van der Waals surface area (Å²) >= 11 is 0. The van der Waals surface area contributed by atoms with Gasteiger partial charge in [-0.15, -0.1) is 0 Å². The molecule has 0 amide bonds. The number of nitrogens with zero attached hydrogens (tertiary/aromatic N) is 1. The highest BCUT2D eigenvalue weighted by molar-refractivity contribution is 5.75. The van der Waals surface area contributed by atoms with Gasteiger partial charge in [-0.1, -0.05) is 36.4 Å². The molecule has 6 nitrogen and oxygen atoms in total. The molecule has 2 aromatic rings. The highest BCUT2D eigenvalue weighted by Crippen LogP contribution is 2.10. The average Bonchev–Trinajstić information content (AvgIpc) is 2.69. The maximum Gasteiger partial charge on any atom is 0.325 e. The van der Waals surface area contributed by atoms with Crippen LogP contribution in [0.2, 0.25) is 0 Å². The second kappa shape index (κ2) is 13.2. The zero-order valence-electron chi connectivity index (χ0n) is 16.2. The molecular formula is C21H28N2O4. The smallest absolute Gasteiger partial charge is 0.325 e. The van der Waals surface area contributed by atoms with E-state index in [-0.39, 0.29) is 25.0 Å². The summed E-state index contributed by atoms with van der Waals surface area (Å²) in [5.41, 5.74) is 1.94. The van der Waals surface area contributed by atoms with Crippen LogP contribution >= 0.6 is 0 Å². The molecule has 6 heteroatoms. The van der Waals surface area contributed by atoms with Crippen LogP contribution in [0.5, 0.6) is 0 Å². The summed E-state index contributed by atoms with van der Waals surface area (Å²) in [5.74, 6) is -0.426. The molecule has 0 saturated heterocycles. The summed E-state index contributed by atoms with van der Waals surface area (Å²) < 4.78 is 9.62. The Balaban J connectivity index is 0.000000271. The lowest BCUT2D eigenvalue weighted by molar-refractivity contribution is -0.142. The van der Waals surface area contributed by atoms with Gasteiger partial charge in [-0.2, -0.15) is 0 Å². The summed E-state index contributed by atoms with van der Waals surface area (Å²) in [4.78, 5) is 24.0. The lowest BCUT2D eigenvalue weighted by Gasteiger charge is -2.17. The van der Waals surface area contributed by atoms with Crippen LogP contribution in [0.4, 0.5) is 11.4 Å². The zero-order chi connectivity index (χ0) is 19.9. The van der Waals surface area contributed by atoms with Gasteiger partial charge in [0.05, 0.1) is 13.2 Å². The van der Waals surface area contributed by atoms with Crippen molar-refractivity contribution in [3.63, 3.8) is 0 Å². The molecule has 146 valence electrons. The van der Waals surface area contributed by atoms with Gasteiger partial charge >= 0.3 is 11.9 Å². The van der Waals surface area contributed by atoms with Crippen molar-refractivity contribution in [3.8, 4) is 0 Å². The zero-order valence-corrected chi connectivity index (χ0v) is 16.2. The van der Waals surface area contributed by atoms with Crippen molar-refractivity contribution in [1.82, 2.24) is 0 Å². The number of ether oxygens (including phenoxy) is 2. The van der Waals surface area contributed by atoms with E-state index in [9.17, 15) is 9.59 Å². The normalized spacial score (nSPS) is 9.44. The third kappa shape index (κ3) is 9.89. The molecule has 0 aliphatic carbocycles. The number of para-hydroxylation sites is 2. The Bertz CT molecular complexity index is 662. The lowest BCUT2D eigenvalue weighted by atomic mass is 10.3. The molecule has 1 N–H and O–H groups in total. The first-order chi connectivity index (χ1) is 13.1. The molecule has 0 bridgehead atoms. The Morgan fingerprint density at radius 2 is 1.37 bits per heavy atom. The Morgan fingerprint density at radius 3 is 1.93 bits per heavy atom. The van der Waals surface area contributed by atoms with Gasteiger partial charge in [0, 0.05) is 18.4 Å². The van der Waals surface area contributed by atoms with E-state index >= 15 is 0 Å². The van der Waals surface area contributed by atoms with E-state index in [4.69, 9.17) is 9.47 Å². The maximum atomic E-state index is 11.2. The topological polar surface area (TPSA) is 67.9 Å². The molecule has 2 rings (SSSR count). The fraction of sp³-hybridized carbons (Fsp3) is 0.333. The summed E-state index contributed by atoms with van der Waals surface area (Å²) in [6.07, 6.45) is 0. The van der Waals surface area contributed by atoms with Crippen molar-refractivity contribution in [1.29, 1.82) is 0 Å².